The molecule has 0 N–H and O–H groups in total. The van der Waals surface area contributed by atoms with E-state index in [9.17, 15) is 0 Å². The maximum absolute atomic E-state index is 5.99. The molecule has 0 aliphatic rings. The van der Waals surface area contributed by atoms with Gasteiger partial charge in [-0.2, -0.15) is 0 Å². The molecular formula is C19H14Cl2O2. The zero-order chi connectivity index (χ0) is 16.2. The smallest absolute Gasteiger partial charge is 0.134 e. The van der Waals surface area contributed by atoms with Gasteiger partial charge in [-0.1, -0.05) is 41.4 Å². The van der Waals surface area contributed by atoms with Crippen LogP contribution in [0.25, 0.3) is 0 Å². The van der Waals surface area contributed by atoms with E-state index in [1.807, 2.05) is 49.4 Å². The first kappa shape index (κ1) is 15.7. The van der Waals surface area contributed by atoms with Gasteiger partial charge in [-0.15, -0.1) is 0 Å². The highest BCUT2D eigenvalue weighted by atomic mass is 35.5. The average Bonchev–Trinajstić information content (AvgIpc) is 2.51. The Kier molecular flexibility index (Phi) is 4.75. The van der Waals surface area contributed by atoms with Crippen LogP contribution >= 0.6 is 23.2 Å². The molecule has 0 saturated carbocycles. The zero-order valence-corrected chi connectivity index (χ0v) is 13.9. The molecule has 3 aromatic rings. The van der Waals surface area contributed by atoms with Crippen LogP contribution < -0.4 is 9.47 Å². The molecule has 23 heavy (non-hydrogen) atoms. The zero-order valence-electron chi connectivity index (χ0n) is 12.4. The minimum atomic E-state index is 0.631. The third kappa shape index (κ3) is 3.98. The minimum Gasteiger partial charge on any atom is -0.457 e. The molecule has 2 nitrogen and oxygen atoms in total. The lowest BCUT2D eigenvalue weighted by Gasteiger charge is -2.13. The Balaban J connectivity index is 1.86. The first-order valence-corrected chi connectivity index (χ1v) is 7.84. The quantitative estimate of drug-likeness (QED) is 0.513. The second-order valence-electron chi connectivity index (χ2n) is 5.00. The lowest BCUT2D eigenvalue weighted by atomic mass is 10.2. The maximum atomic E-state index is 5.99. The second-order valence-corrected chi connectivity index (χ2v) is 5.87. The summed E-state index contributed by atoms with van der Waals surface area (Å²) in [7, 11) is 0. The van der Waals surface area contributed by atoms with Gasteiger partial charge in [-0.3, -0.25) is 0 Å². The minimum absolute atomic E-state index is 0.631. The standard InChI is InChI=1S/C19H14Cl2O2/c1-13-18(22-16-7-2-5-14(20)11-16)9-4-10-19(13)23-17-8-3-6-15(21)12-17/h2-12H,1H3. The number of ether oxygens (including phenoxy) is 2. The summed E-state index contributed by atoms with van der Waals surface area (Å²) in [5.74, 6) is 2.79. The Hall–Kier alpha value is -2.16. The first-order chi connectivity index (χ1) is 11.1. The molecule has 0 bridgehead atoms. The van der Waals surface area contributed by atoms with E-state index in [1.54, 1.807) is 24.3 Å². The van der Waals surface area contributed by atoms with Gasteiger partial charge in [0.15, 0.2) is 0 Å². The Bertz CT molecular complexity index is 765. The largest absolute Gasteiger partial charge is 0.457 e. The van der Waals surface area contributed by atoms with E-state index >= 15 is 0 Å². The number of benzene rings is 3. The SMILES string of the molecule is Cc1c(Oc2cccc(Cl)c2)cccc1Oc1cccc(Cl)c1. The molecule has 0 heterocycles. The number of halogens is 2. The van der Waals surface area contributed by atoms with Gasteiger partial charge in [0, 0.05) is 15.6 Å². The van der Waals surface area contributed by atoms with Gasteiger partial charge in [0.05, 0.1) is 0 Å². The summed E-state index contributed by atoms with van der Waals surface area (Å²) in [5.41, 5.74) is 0.896. The van der Waals surface area contributed by atoms with Crippen LogP contribution in [0.1, 0.15) is 5.56 Å². The summed E-state index contributed by atoms with van der Waals surface area (Å²) in [4.78, 5) is 0. The van der Waals surface area contributed by atoms with E-state index in [2.05, 4.69) is 0 Å². The van der Waals surface area contributed by atoms with Crippen molar-refractivity contribution in [3.8, 4) is 23.0 Å². The van der Waals surface area contributed by atoms with Crippen molar-refractivity contribution in [2.75, 3.05) is 0 Å². The second kappa shape index (κ2) is 6.95. The molecule has 0 aromatic heterocycles. The lowest BCUT2D eigenvalue weighted by molar-refractivity contribution is 0.454. The van der Waals surface area contributed by atoms with Crippen LogP contribution in [0.4, 0.5) is 0 Å². The van der Waals surface area contributed by atoms with Gasteiger partial charge < -0.3 is 9.47 Å². The molecule has 3 aromatic carbocycles. The number of rotatable bonds is 4. The number of hydrogen-bond acceptors (Lipinski definition) is 2. The molecule has 0 radical (unpaired) electrons. The molecule has 0 unspecified atom stereocenters. The van der Waals surface area contributed by atoms with Crippen LogP contribution in [-0.2, 0) is 0 Å². The van der Waals surface area contributed by atoms with Gasteiger partial charge in [0.1, 0.15) is 23.0 Å². The van der Waals surface area contributed by atoms with E-state index in [0.29, 0.717) is 33.0 Å². The monoisotopic (exact) mass is 344 g/mol. The highest BCUT2D eigenvalue weighted by Crippen LogP contribution is 2.34. The third-order valence-electron chi connectivity index (χ3n) is 3.28. The fourth-order valence-electron chi connectivity index (χ4n) is 2.13. The van der Waals surface area contributed by atoms with Crippen molar-refractivity contribution in [3.05, 3.63) is 82.3 Å². The molecule has 4 heteroatoms. The summed E-state index contributed by atoms with van der Waals surface area (Å²) in [6.07, 6.45) is 0. The summed E-state index contributed by atoms with van der Waals surface area (Å²) in [6, 6.07) is 20.2. The Morgan fingerprint density at radius 2 is 1.09 bits per heavy atom. The fourth-order valence-corrected chi connectivity index (χ4v) is 2.49. The van der Waals surface area contributed by atoms with Crippen LogP contribution in [0.15, 0.2) is 66.7 Å². The van der Waals surface area contributed by atoms with E-state index in [-0.39, 0.29) is 0 Å². The van der Waals surface area contributed by atoms with Crippen LogP contribution in [0.2, 0.25) is 10.0 Å². The molecule has 3 rings (SSSR count). The average molecular weight is 345 g/mol. The van der Waals surface area contributed by atoms with Gasteiger partial charge >= 0.3 is 0 Å². The van der Waals surface area contributed by atoms with E-state index in [0.717, 1.165) is 5.56 Å². The molecular weight excluding hydrogens is 331 g/mol. The van der Waals surface area contributed by atoms with Crippen LogP contribution in [0.5, 0.6) is 23.0 Å². The topological polar surface area (TPSA) is 18.5 Å². The van der Waals surface area contributed by atoms with Crippen LogP contribution in [0, 0.1) is 6.92 Å². The van der Waals surface area contributed by atoms with Crippen molar-refractivity contribution in [1.82, 2.24) is 0 Å². The van der Waals surface area contributed by atoms with Crippen LogP contribution in [-0.4, -0.2) is 0 Å². The van der Waals surface area contributed by atoms with E-state index < -0.39 is 0 Å². The molecule has 116 valence electrons. The van der Waals surface area contributed by atoms with Gasteiger partial charge in [0.25, 0.3) is 0 Å². The number of hydrogen-bond donors (Lipinski definition) is 0. The molecule has 0 aliphatic carbocycles. The summed E-state index contributed by atoms with van der Waals surface area (Å²) >= 11 is 12.0. The van der Waals surface area contributed by atoms with Crippen LogP contribution in [0.3, 0.4) is 0 Å². The lowest BCUT2D eigenvalue weighted by Crippen LogP contribution is -1.92. The van der Waals surface area contributed by atoms with Crippen molar-refractivity contribution in [2.45, 2.75) is 6.92 Å². The molecule has 0 fully saturated rings. The molecule has 0 spiro atoms. The summed E-state index contributed by atoms with van der Waals surface area (Å²) < 4.78 is 11.8. The van der Waals surface area contributed by atoms with E-state index in [4.69, 9.17) is 32.7 Å². The first-order valence-electron chi connectivity index (χ1n) is 7.08. The van der Waals surface area contributed by atoms with E-state index in [1.165, 1.54) is 0 Å². The van der Waals surface area contributed by atoms with Crippen molar-refractivity contribution in [2.24, 2.45) is 0 Å². The predicted molar refractivity (Wildman–Crippen MR) is 94.2 cm³/mol. The highest BCUT2D eigenvalue weighted by Gasteiger charge is 2.09. The fraction of sp³-hybridized carbons (Fsp3) is 0.0526. The van der Waals surface area contributed by atoms with Gasteiger partial charge in [0.2, 0.25) is 0 Å². The Morgan fingerprint density at radius 1 is 0.652 bits per heavy atom. The maximum Gasteiger partial charge on any atom is 0.134 e. The molecule has 0 saturated heterocycles. The van der Waals surface area contributed by atoms with Crippen molar-refractivity contribution in [1.29, 1.82) is 0 Å². The summed E-state index contributed by atoms with van der Waals surface area (Å²) in [6.45, 7) is 1.94. The van der Waals surface area contributed by atoms with Gasteiger partial charge in [-0.05, 0) is 55.5 Å². The predicted octanol–water partition coefficient (Wildman–Crippen LogP) is 6.89. The highest BCUT2D eigenvalue weighted by molar-refractivity contribution is 6.31. The Labute approximate surface area is 145 Å². The van der Waals surface area contributed by atoms with Crippen molar-refractivity contribution in [3.63, 3.8) is 0 Å². The molecule has 0 aliphatic heterocycles. The molecule has 0 atom stereocenters. The van der Waals surface area contributed by atoms with Crippen molar-refractivity contribution >= 4 is 23.2 Å². The third-order valence-corrected chi connectivity index (χ3v) is 3.75. The van der Waals surface area contributed by atoms with Crippen molar-refractivity contribution < 1.29 is 9.47 Å². The Morgan fingerprint density at radius 3 is 1.52 bits per heavy atom. The summed E-state index contributed by atoms with van der Waals surface area (Å²) in [5, 5.41) is 1.26. The normalized spacial score (nSPS) is 10.4. The molecule has 0 amide bonds. The van der Waals surface area contributed by atoms with Gasteiger partial charge in [-0.25, -0.2) is 0 Å².